The fourth-order valence-electron chi connectivity index (χ4n) is 2.56. The summed E-state index contributed by atoms with van der Waals surface area (Å²) in [5.41, 5.74) is 0.868. The van der Waals surface area contributed by atoms with Gasteiger partial charge in [-0.2, -0.15) is 0 Å². The highest BCUT2D eigenvalue weighted by Crippen LogP contribution is 2.24. The lowest BCUT2D eigenvalue weighted by Gasteiger charge is -2.23. The number of hydrogen-bond donors (Lipinski definition) is 2. The van der Waals surface area contributed by atoms with Crippen LogP contribution in [0.3, 0.4) is 0 Å². The summed E-state index contributed by atoms with van der Waals surface area (Å²) in [7, 11) is 0. The van der Waals surface area contributed by atoms with Gasteiger partial charge in [-0.15, -0.1) is 0 Å². The van der Waals surface area contributed by atoms with E-state index in [4.69, 9.17) is 4.74 Å². The van der Waals surface area contributed by atoms with Crippen LogP contribution in [0.1, 0.15) is 32.6 Å². The molecule has 2 N–H and O–H groups in total. The molecule has 3 heterocycles. The highest BCUT2D eigenvalue weighted by Gasteiger charge is 2.17. The first kappa shape index (κ1) is 15.0. The Balaban J connectivity index is 1.76. The number of ether oxygens (including phenoxy) is 1. The number of fused-ring (bicyclic) bond motifs is 1. The normalized spacial score (nSPS) is 15.9. The van der Waals surface area contributed by atoms with Crippen molar-refractivity contribution in [2.75, 3.05) is 25.0 Å². The van der Waals surface area contributed by atoms with Gasteiger partial charge in [-0.05, 0) is 38.4 Å². The van der Waals surface area contributed by atoms with E-state index >= 15 is 0 Å². The lowest BCUT2D eigenvalue weighted by molar-refractivity contribution is 0.158. The van der Waals surface area contributed by atoms with Gasteiger partial charge in [0.25, 0.3) is 0 Å². The molecule has 118 valence electrons. The summed E-state index contributed by atoms with van der Waals surface area (Å²) in [4.78, 5) is 13.3. The van der Waals surface area contributed by atoms with E-state index < -0.39 is 0 Å². The third-order valence-electron chi connectivity index (χ3n) is 3.85. The zero-order valence-corrected chi connectivity index (χ0v) is 13.0. The molecule has 0 radical (unpaired) electrons. The monoisotopic (exact) mass is 301 g/mol. The first-order chi connectivity index (χ1) is 10.9. The maximum atomic E-state index is 6.06. The zero-order valence-electron chi connectivity index (χ0n) is 13.0. The van der Waals surface area contributed by atoms with Crippen molar-refractivity contribution in [3.05, 3.63) is 18.5 Å². The smallest absolute Gasteiger partial charge is 0.224 e. The van der Waals surface area contributed by atoms with Crippen molar-refractivity contribution in [2.45, 2.75) is 38.7 Å². The molecule has 1 saturated heterocycles. The van der Waals surface area contributed by atoms with Crippen molar-refractivity contribution in [2.24, 2.45) is 0 Å². The van der Waals surface area contributed by atoms with Crippen LogP contribution in [-0.2, 0) is 0 Å². The molecular formula is C16H23N5O. The van der Waals surface area contributed by atoms with Crippen molar-refractivity contribution in [3.8, 4) is 5.88 Å². The minimum absolute atomic E-state index is 0.224. The van der Waals surface area contributed by atoms with Crippen molar-refractivity contribution in [1.29, 1.82) is 0 Å². The second kappa shape index (κ2) is 7.35. The predicted molar refractivity (Wildman–Crippen MR) is 87.3 cm³/mol. The van der Waals surface area contributed by atoms with Crippen LogP contribution in [0.25, 0.3) is 10.9 Å². The lowest BCUT2D eigenvalue weighted by Crippen LogP contribution is -2.34. The molecule has 0 bridgehead atoms. The van der Waals surface area contributed by atoms with E-state index in [1.54, 1.807) is 12.4 Å². The van der Waals surface area contributed by atoms with Crippen LogP contribution in [0.4, 0.5) is 5.95 Å². The van der Waals surface area contributed by atoms with Crippen LogP contribution < -0.4 is 15.4 Å². The number of nitrogens with one attached hydrogen (secondary N) is 2. The SMILES string of the molecule is CCCCNc1ncc2c(OC3CCNCC3)nccc2n1. The van der Waals surface area contributed by atoms with Gasteiger partial charge >= 0.3 is 0 Å². The molecule has 0 aliphatic carbocycles. The van der Waals surface area contributed by atoms with Crippen LogP contribution in [0.2, 0.25) is 0 Å². The number of unbranched alkanes of at least 4 members (excludes halogenated alkanes) is 1. The molecule has 0 aromatic carbocycles. The Labute approximate surface area is 130 Å². The largest absolute Gasteiger partial charge is 0.474 e. The molecule has 0 atom stereocenters. The summed E-state index contributed by atoms with van der Waals surface area (Å²) in [6.45, 7) is 5.05. The van der Waals surface area contributed by atoms with Gasteiger partial charge in [-0.3, -0.25) is 0 Å². The molecule has 3 rings (SSSR count). The standard InChI is InChI=1S/C16H23N5O/c1-2-3-7-19-16-20-11-13-14(21-16)6-10-18-15(13)22-12-4-8-17-9-5-12/h6,10-12,17H,2-5,7-9H2,1H3,(H,19,20,21). The Morgan fingerprint density at radius 2 is 2.18 bits per heavy atom. The lowest BCUT2D eigenvalue weighted by atomic mass is 10.1. The van der Waals surface area contributed by atoms with Gasteiger partial charge in [-0.25, -0.2) is 15.0 Å². The number of pyridine rings is 1. The molecule has 2 aromatic heterocycles. The van der Waals surface area contributed by atoms with E-state index in [0.29, 0.717) is 11.8 Å². The molecule has 6 nitrogen and oxygen atoms in total. The van der Waals surface area contributed by atoms with E-state index in [0.717, 1.165) is 56.2 Å². The summed E-state index contributed by atoms with van der Waals surface area (Å²) in [6.07, 6.45) is 8.06. The van der Waals surface area contributed by atoms with Crippen molar-refractivity contribution >= 4 is 16.9 Å². The second-order valence-electron chi connectivity index (χ2n) is 5.59. The Bertz CT molecular complexity index is 613. The molecular weight excluding hydrogens is 278 g/mol. The third-order valence-corrected chi connectivity index (χ3v) is 3.85. The van der Waals surface area contributed by atoms with E-state index in [1.807, 2.05) is 6.07 Å². The number of piperidine rings is 1. The number of aromatic nitrogens is 3. The zero-order chi connectivity index (χ0) is 15.2. The van der Waals surface area contributed by atoms with Gasteiger partial charge in [0.2, 0.25) is 11.8 Å². The summed E-state index contributed by atoms with van der Waals surface area (Å²) in [5.74, 6) is 1.31. The highest BCUT2D eigenvalue weighted by atomic mass is 16.5. The Hall–Kier alpha value is -1.95. The fraction of sp³-hybridized carbons (Fsp3) is 0.562. The molecule has 6 heteroatoms. The minimum atomic E-state index is 0.224. The van der Waals surface area contributed by atoms with Gasteiger partial charge in [0, 0.05) is 18.9 Å². The Kier molecular flexibility index (Phi) is 5.00. The molecule has 1 aliphatic rings. The van der Waals surface area contributed by atoms with Gasteiger partial charge in [0.1, 0.15) is 6.10 Å². The maximum absolute atomic E-state index is 6.06. The molecule has 2 aromatic rings. The van der Waals surface area contributed by atoms with Crippen LogP contribution in [0.5, 0.6) is 5.88 Å². The quantitative estimate of drug-likeness (QED) is 0.798. The number of hydrogen-bond acceptors (Lipinski definition) is 6. The predicted octanol–water partition coefficient (Wildman–Crippen LogP) is 2.37. The number of rotatable bonds is 6. The highest BCUT2D eigenvalue weighted by molar-refractivity contribution is 5.83. The fourth-order valence-corrected chi connectivity index (χ4v) is 2.56. The minimum Gasteiger partial charge on any atom is -0.474 e. The van der Waals surface area contributed by atoms with Crippen LogP contribution in [0.15, 0.2) is 18.5 Å². The molecule has 0 saturated carbocycles. The first-order valence-corrected chi connectivity index (χ1v) is 8.10. The van der Waals surface area contributed by atoms with E-state index in [1.165, 1.54) is 0 Å². The van der Waals surface area contributed by atoms with Gasteiger partial charge in [0.05, 0.1) is 10.9 Å². The van der Waals surface area contributed by atoms with Crippen LogP contribution >= 0.6 is 0 Å². The third kappa shape index (κ3) is 3.62. The summed E-state index contributed by atoms with van der Waals surface area (Å²) < 4.78 is 6.06. The Morgan fingerprint density at radius 1 is 1.32 bits per heavy atom. The maximum Gasteiger partial charge on any atom is 0.224 e. The van der Waals surface area contributed by atoms with Gasteiger partial charge in [-0.1, -0.05) is 13.3 Å². The average molecular weight is 301 g/mol. The summed E-state index contributed by atoms with van der Waals surface area (Å²) >= 11 is 0. The van der Waals surface area contributed by atoms with Crippen molar-refractivity contribution < 1.29 is 4.74 Å². The van der Waals surface area contributed by atoms with Crippen LogP contribution in [0, 0.1) is 0 Å². The molecule has 0 unspecified atom stereocenters. The first-order valence-electron chi connectivity index (χ1n) is 8.10. The van der Waals surface area contributed by atoms with Gasteiger partial charge < -0.3 is 15.4 Å². The second-order valence-corrected chi connectivity index (χ2v) is 5.59. The molecule has 1 fully saturated rings. The van der Waals surface area contributed by atoms with Crippen molar-refractivity contribution in [1.82, 2.24) is 20.3 Å². The van der Waals surface area contributed by atoms with Crippen molar-refractivity contribution in [3.63, 3.8) is 0 Å². The van der Waals surface area contributed by atoms with E-state index in [9.17, 15) is 0 Å². The molecule has 22 heavy (non-hydrogen) atoms. The van der Waals surface area contributed by atoms with Crippen LogP contribution in [-0.4, -0.2) is 40.7 Å². The molecule has 1 aliphatic heterocycles. The molecule has 0 amide bonds. The van der Waals surface area contributed by atoms with Gasteiger partial charge in [0.15, 0.2) is 0 Å². The Morgan fingerprint density at radius 3 is 3.00 bits per heavy atom. The topological polar surface area (TPSA) is 72.0 Å². The van der Waals surface area contributed by atoms with E-state index in [2.05, 4.69) is 32.5 Å². The molecule has 0 spiro atoms. The number of anilines is 1. The summed E-state index contributed by atoms with van der Waals surface area (Å²) in [5, 5.41) is 7.46. The van der Waals surface area contributed by atoms with E-state index in [-0.39, 0.29) is 6.10 Å². The number of nitrogens with zero attached hydrogens (tertiary/aromatic N) is 3. The average Bonchev–Trinajstić information content (AvgIpc) is 2.56. The summed E-state index contributed by atoms with van der Waals surface area (Å²) in [6, 6.07) is 1.90.